The molecule has 5 heteroatoms. The molecule has 0 fully saturated rings. The first kappa shape index (κ1) is 14.8. The lowest BCUT2D eigenvalue weighted by atomic mass is 10.2. The highest BCUT2D eigenvalue weighted by molar-refractivity contribution is 6.30. The maximum atomic E-state index is 13.0. The van der Waals surface area contributed by atoms with Gasteiger partial charge in [-0.3, -0.25) is 4.79 Å². The number of hydrogen-bond donors (Lipinski definition) is 1. The van der Waals surface area contributed by atoms with E-state index in [0.29, 0.717) is 17.3 Å². The number of nitrogens with one attached hydrogen (secondary N) is 1. The number of benzene rings is 1. The number of halogens is 2. The van der Waals surface area contributed by atoms with Crippen LogP contribution in [0.5, 0.6) is 0 Å². The largest absolute Gasteiger partial charge is 0.460 e. The summed E-state index contributed by atoms with van der Waals surface area (Å²) in [6, 6.07) is 4.14. The van der Waals surface area contributed by atoms with Gasteiger partial charge in [0, 0.05) is 17.3 Å². The fraction of sp³-hybridized carbons (Fsp3) is 0.462. The van der Waals surface area contributed by atoms with Crippen molar-refractivity contribution in [2.45, 2.75) is 32.8 Å². The van der Waals surface area contributed by atoms with Crippen molar-refractivity contribution in [3.63, 3.8) is 0 Å². The molecule has 0 aliphatic heterocycles. The van der Waals surface area contributed by atoms with E-state index in [-0.39, 0.29) is 12.4 Å². The van der Waals surface area contributed by atoms with Gasteiger partial charge < -0.3 is 10.1 Å². The first-order chi connectivity index (χ1) is 8.26. The highest BCUT2D eigenvalue weighted by atomic mass is 35.5. The monoisotopic (exact) mass is 273 g/mol. The third-order valence-corrected chi connectivity index (χ3v) is 2.16. The normalized spacial score (nSPS) is 11.2. The topological polar surface area (TPSA) is 38.3 Å². The van der Waals surface area contributed by atoms with Gasteiger partial charge in [0.05, 0.1) is 6.42 Å². The SMILES string of the molecule is CC(C)(C)OC(=O)CCNc1cc(F)cc(Cl)c1. The van der Waals surface area contributed by atoms with Crippen LogP contribution in [-0.4, -0.2) is 18.1 Å². The summed E-state index contributed by atoms with van der Waals surface area (Å²) in [5.41, 5.74) is 0.0581. The number of anilines is 1. The maximum Gasteiger partial charge on any atom is 0.308 e. The summed E-state index contributed by atoms with van der Waals surface area (Å²) in [5.74, 6) is -0.709. The quantitative estimate of drug-likeness (QED) is 0.852. The van der Waals surface area contributed by atoms with Gasteiger partial charge in [-0.1, -0.05) is 11.6 Å². The molecule has 18 heavy (non-hydrogen) atoms. The Labute approximate surface area is 111 Å². The molecule has 0 aliphatic rings. The summed E-state index contributed by atoms with van der Waals surface area (Å²) in [6.07, 6.45) is 0.214. The van der Waals surface area contributed by atoms with Crippen molar-refractivity contribution in [2.75, 3.05) is 11.9 Å². The van der Waals surface area contributed by atoms with Crippen LogP contribution < -0.4 is 5.32 Å². The fourth-order valence-electron chi connectivity index (χ4n) is 1.36. The zero-order valence-corrected chi connectivity index (χ0v) is 11.5. The average molecular weight is 274 g/mol. The molecule has 1 N–H and O–H groups in total. The average Bonchev–Trinajstić information content (AvgIpc) is 2.12. The van der Waals surface area contributed by atoms with Crippen LogP contribution >= 0.6 is 11.6 Å². The van der Waals surface area contributed by atoms with Crippen LogP contribution in [0.3, 0.4) is 0 Å². The number of esters is 1. The smallest absolute Gasteiger partial charge is 0.308 e. The first-order valence-corrected chi connectivity index (χ1v) is 6.06. The Morgan fingerprint density at radius 3 is 2.61 bits per heavy atom. The second kappa shape index (κ2) is 6.05. The van der Waals surface area contributed by atoms with Gasteiger partial charge in [0.2, 0.25) is 0 Å². The van der Waals surface area contributed by atoms with Gasteiger partial charge >= 0.3 is 5.97 Å². The Bertz CT molecular complexity index is 409. The van der Waals surface area contributed by atoms with Crippen molar-refractivity contribution in [3.05, 3.63) is 29.0 Å². The minimum atomic E-state index is -0.487. The van der Waals surface area contributed by atoms with E-state index in [1.807, 2.05) is 20.8 Å². The van der Waals surface area contributed by atoms with E-state index >= 15 is 0 Å². The second-order valence-corrected chi connectivity index (χ2v) is 5.36. The number of carbonyl (C=O) groups excluding carboxylic acids is 1. The molecule has 0 heterocycles. The lowest BCUT2D eigenvalue weighted by Crippen LogP contribution is -2.25. The maximum absolute atomic E-state index is 13.0. The molecular formula is C13H17ClFNO2. The standard InChI is InChI=1S/C13H17ClFNO2/c1-13(2,3)18-12(17)4-5-16-11-7-9(14)6-10(15)8-11/h6-8,16H,4-5H2,1-3H3. The van der Waals surface area contributed by atoms with Gasteiger partial charge in [-0.2, -0.15) is 0 Å². The van der Waals surface area contributed by atoms with E-state index in [4.69, 9.17) is 16.3 Å². The lowest BCUT2D eigenvalue weighted by molar-refractivity contribution is -0.154. The predicted molar refractivity (Wildman–Crippen MR) is 70.4 cm³/mol. The van der Waals surface area contributed by atoms with E-state index in [1.54, 1.807) is 6.07 Å². The zero-order valence-electron chi connectivity index (χ0n) is 10.7. The molecule has 1 rings (SSSR count). The molecule has 0 bridgehead atoms. The summed E-state index contributed by atoms with van der Waals surface area (Å²) >= 11 is 5.71. The summed E-state index contributed by atoms with van der Waals surface area (Å²) in [4.78, 5) is 11.4. The highest BCUT2D eigenvalue weighted by Gasteiger charge is 2.15. The molecule has 0 unspecified atom stereocenters. The molecule has 100 valence electrons. The van der Waals surface area contributed by atoms with Crippen LogP contribution in [0.4, 0.5) is 10.1 Å². The molecular weight excluding hydrogens is 257 g/mol. The van der Waals surface area contributed by atoms with E-state index < -0.39 is 11.4 Å². The number of hydrogen-bond acceptors (Lipinski definition) is 3. The Morgan fingerprint density at radius 1 is 1.39 bits per heavy atom. The van der Waals surface area contributed by atoms with Crippen molar-refractivity contribution >= 4 is 23.3 Å². The third kappa shape index (κ3) is 5.87. The van der Waals surface area contributed by atoms with Gasteiger partial charge in [0.1, 0.15) is 11.4 Å². The van der Waals surface area contributed by atoms with E-state index in [1.165, 1.54) is 12.1 Å². The number of rotatable bonds is 4. The molecule has 0 radical (unpaired) electrons. The molecule has 0 saturated heterocycles. The van der Waals surface area contributed by atoms with Gasteiger partial charge in [-0.15, -0.1) is 0 Å². The Hall–Kier alpha value is -1.29. The fourth-order valence-corrected chi connectivity index (χ4v) is 1.58. The lowest BCUT2D eigenvalue weighted by Gasteiger charge is -2.19. The molecule has 0 aliphatic carbocycles. The summed E-state index contributed by atoms with van der Waals surface area (Å²) in [7, 11) is 0. The van der Waals surface area contributed by atoms with Crippen LogP contribution in [0.1, 0.15) is 27.2 Å². The highest BCUT2D eigenvalue weighted by Crippen LogP contribution is 2.18. The van der Waals surface area contributed by atoms with Crippen molar-refractivity contribution in [2.24, 2.45) is 0 Å². The molecule has 1 aromatic rings. The Morgan fingerprint density at radius 2 is 2.06 bits per heavy atom. The number of carbonyl (C=O) groups is 1. The van der Waals surface area contributed by atoms with Crippen molar-refractivity contribution in [1.82, 2.24) is 0 Å². The van der Waals surface area contributed by atoms with Gasteiger partial charge in [-0.05, 0) is 39.0 Å². The van der Waals surface area contributed by atoms with Crippen LogP contribution in [0.2, 0.25) is 5.02 Å². The van der Waals surface area contributed by atoms with Crippen molar-refractivity contribution in [1.29, 1.82) is 0 Å². The molecule has 0 spiro atoms. The third-order valence-electron chi connectivity index (χ3n) is 1.94. The molecule has 0 aromatic heterocycles. The van der Waals surface area contributed by atoms with Gasteiger partial charge in [0.25, 0.3) is 0 Å². The second-order valence-electron chi connectivity index (χ2n) is 4.92. The molecule has 0 atom stereocenters. The first-order valence-electron chi connectivity index (χ1n) is 5.68. The van der Waals surface area contributed by atoms with Crippen LogP contribution in [0, 0.1) is 5.82 Å². The summed E-state index contributed by atoms with van der Waals surface area (Å²) in [5, 5.41) is 3.23. The molecule has 0 amide bonds. The van der Waals surface area contributed by atoms with E-state index in [2.05, 4.69) is 5.32 Å². The van der Waals surface area contributed by atoms with Crippen molar-refractivity contribution in [3.8, 4) is 0 Å². The Balaban J connectivity index is 2.40. The van der Waals surface area contributed by atoms with E-state index in [0.717, 1.165) is 0 Å². The van der Waals surface area contributed by atoms with Crippen LogP contribution in [-0.2, 0) is 9.53 Å². The zero-order chi connectivity index (χ0) is 13.8. The predicted octanol–water partition coefficient (Wildman–Crippen LogP) is 3.62. The summed E-state index contributed by atoms with van der Waals surface area (Å²) in [6.45, 7) is 5.80. The van der Waals surface area contributed by atoms with Crippen LogP contribution in [0.15, 0.2) is 18.2 Å². The summed E-state index contributed by atoms with van der Waals surface area (Å²) < 4.78 is 18.2. The van der Waals surface area contributed by atoms with Gasteiger partial charge in [0.15, 0.2) is 0 Å². The Kier molecular flexibility index (Phi) is 4.96. The van der Waals surface area contributed by atoms with Crippen LogP contribution in [0.25, 0.3) is 0 Å². The minimum absolute atomic E-state index is 0.214. The van der Waals surface area contributed by atoms with Gasteiger partial charge in [-0.25, -0.2) is 4.39 Å². The molecule has 1 aromatic carbocycles. The number of ether oxygens (including phenoxy) is 1. The molecule has 3 nitrogen and oxygen atoms in total. The molecule has 0 saturated carbocycles. The van der Waals surface area contributed by atoms with Crippen molar-refractivity contribution < 1.29 is 13.9 Å². The minimum Gasteiger partial charge on any atom is -0.460 e. The van der Waals surface area contributed by atoms with E-state index in [9.17, 15) is 9.18 Å².